The minimum absolute atomic E-state index is 0. The van der Waals surface area contributed by atoms with Crippen LogP contribution in [0, 0.1) is 0 Å². The number of rotatable bonds is 17. The van der Waals surface area contributed by atoms with E-state index in [0.717, 1.165) is 19.3 Å². The molecule has 0 saturated carbocycles. The van der Waals surface area contributed by atoms with E-state index in [2.05, 4.69) is 12.2 Å². The van der Waals surface area contributed by atoms with E-state index in [1.807, 2.05) is 6.07 Å². The van der Waals surface area contributed by atoms with Crippen molar-refractivity contribution in [1.29, 1.82) is 0 Å². The molecule has 1 radical (unpaired) electrons. The summed E-state index contributed by atoms with van der Waals surface area (Å²) < 4.78 is 0. The van der Waals surface area contributed by atoms with Crippen molar-refractivity contribution in [3.05, 3.63) is 35.9 Å². The Balaban J connectivity index is 0.00000784. The second-order valence-corrected chi connectivity index (χ2v) is 7.74. The van der Waals surface area contributed by atoms with Gasteiger partial charge in [-0.15, -0.1) is 0 Å². The summed E-state index contributed by atoms with van der Waals surface area (Å²) in [6.07, 6.45) is 16.8. The summed E-state index contributed by atoms with van der Waals surface area (Å²) in [4.78, 5) is 23.5. The van der Waals surface area contributed by atoms with Crippen LogP contribution in [0.25, 0.3) is 0 Å². The second-order valence-electron chi connectivity index (χ2n) is 7.74. The average molecular weight is 413 g/mol. The van der Waals surface area contributed by atoms with E-state index in [-0.39, 0.29) is 35.5 Å². The Kier molecular flexibility index (Phi) is 18.6. The molecule has 1 aromatic carbocycles. The number of nitrogens with one attached hydrogen (secondary N) is 1. The molecule has 0 bridgehead atoms. The van der Waals surface area contributed by atoms with Crippen molar-refractivity contribution in [2.24, 2.45) is 0 Å². The zero-order valence-corrected chi connectivity index (χ0v) is 20.6. The molecule has 1 amide bonds. The first-order valence-electron chi connectivity index (χ1n) is 11.2. The van der Waals surface area contributed by atoms with Gasteiger partial charge in [-0.25, -0.2) is 4.79 Å². The van der Waals surface area contributed by atoms with Crippen molar-refractivity contribution >= 4 is 41.4 Å². The van der Waals surface area contributed by atoms with Gasteiger partial charge in [0.05, 0.1) is 0 Å². The van der Waals surface area contributed by atoms with Crippen LogP contribution >= 0.6 is 0 Å². The Labute approximate surface area is 199 Å². The summed E-state index contributed by atoms with van der Waals surface area (Å²) in [7, 11) is 0. The number of benzene rings is 1. The van der Waals surface area contributed by atoms with Crippen LogP contribution in [0.1, 0.15) is 108 Å². The summed E-state index contributed by atoms with van der Waals surface area (Å²) in [5.41, 5.74) is 0.605. The molecular weight excluding hydrogens is 373 g/mol. The van der Waals surface area contributed by atoms with Crippen LogP contribution in [0.15, 0.2) is 30.3 Å². The Bertz CT molecular complexity index is 536. The average Bonchev–Trinajstić information content (AvgIpc) is 2.70. The van der Waals surface area contributed by atoms with E-state index < -0.39 is 12.0 Å². The van der Waals surface area contributed by atoms with Crippen LogP contribution in [0.5, 0.6) is 0 Å². The summed E-state index contributed by atoms with van der Waals surface area (Å²) in [6.45, 7) is 2.25. The number of amides is 1. The van der Waals surface area contributed by atoms with Crippen molar-refractivity contribution in [1.82, 2.24) is 5.32 Å². The van der Waals surface area contributed by atoms with Gasteiger partial charge in [0.2, 0.25) is 5.91 Å². The molecule has 0 aliphatic carbocycles. The maximum atomic E-state index is 12.1. The molecule has 1 rings (SSSR count). The summed E-state index contributed by atoms with van der Waals surface area (Å²) in [5, 5.41) is 12.0. The van der Waals surface area contributed by atoms with Gasteiger partial charge in [0.15, 0.2) is 6.04 Å². The molecule has 29 heavy (non-hydrogen) atoms. The monoisotopic (exact) mass is 412 g/mol. The van der Waals surface area contributed by atoms with Gasteiger partial charge in [0.25, 0.3) is 0 Å². The number of hydrogen-bond acceptors (Lipinski definition) is 2. The molecule has 0 fully saturated rings. The SMILES string of the molecule is CCCCCCCCCCCCCCCC(=O)N[C@@H](C(=O)O)c1ccccc1.[Na]. The Morgan fingerprint density at radius 1 is 0.793 bits per heavy atom. The third kappa shape index (κ3) is 14.7. The molecule has 1 atom stereocenters. The normalized spacial score (nSPS) is 11.5. The Morgan fingerprint density at radius 3 is 1.69 bits per heavy atom. The third-order valence-electron chi connectivity index (χ3n) is 5.19. The maximum absolute atomic E-state index is 12.1. The quantitative estimate of drug-likeness (QED) is 0.242. The predicted octanol–water partition coefficient (Wildman–Crippen LogP) is 6.03. The maximum Gasteiger partial charge on any atom is 0.330 e. The minimum atomic E-state index is -1.02. The number of hydrogen-bond donors (Lipinski definition) is 2. The molecule has 0 aliphatic heterocycles. The summed E-state index contributed by atoms with van der Waals surface area (Å²) >= 11 is 0. The minimum Gasteiger partial charge on any atom is -0.479 e. The number of carbonyl (C=O) groups excluding carboxylic acids is 1. The van der Waals surface area contributed by atoms with Crippen LogP contribution in [0.3, 0.4) is 0 Å². The van der Waals surface area contributed by atoms with E-state index >= 15 is 0 Å². The van der Waals surface area contributed by atoms with Gasteiger partial charge >= 0.3 is 5.97 Å². The number of aliphatic carboxylic acids is 1. The van der Waals surface area contributed by atoms with Gasteiger partial charge in [-0.2, -0.15) is 0 Å². The first-order chi connectivity index (χ1) is 13.6. The summed E-state index contributed by atoms with van der Waals surface area (Å²) in [5.74, 6) is -1.20. The van der Waals surface area contributed by atoms with Crippen molar-refractivity contribution in [2.75, 3.05) is 0 Å². The Morgan fingerprint density at radius 2 is 1.24 bits per heavy atom. The standard InChI is InChI=1S/C24H39NO3.Na/c1-2-3-4-5-6-7-8-9-10-11-12-13-17-20-22(26)25-23(24(27)28)21-18-15-14-16-19-21;/h14-16,18-19,23H,2-13,17,20H2,1H3,(H,25,26)(H,27,28);/t23-;/m1./s1. The number of carboxylic acid groups (broad SMARTS) is 1. The number of carbonyl (C=O) groups is 2. The fourth-order valence-electron chi connectivity index (χ4n) is 3.47. The van der Waals surface area contributed by atoms with Gasteiger partial charge in [0, 0.05) is 36.0 Å². The third-order valence-corrected chi connectivity index (χ3v) is 5.19. The zero-order valence-electron chi connectivity index (χ0n) is 18.6. The first-order valence-corrected chi connectivity index (χ1v) is 11.2. The Hall–Kier alpha value is -0.840. The fourth-order valence-corrected chi connectivity index (χ4v) is 3.47. The fraction of sp³-hybridized carbons (Fsp3) is 0.667. The molecule has 0 unspecified atom stereocenters. The van der Waals surface area contributed by atoms with Crippen molar-refractivity contribution in [3.63, 3.8) is 0 Å². The molecule has 159 valence electrons. The smallest absolute Gasteiger partial charge is 0.330 e. The van der Waals surface area contributed by atoms with Crippen molar-refractivity contribution in [3.8, 4) is 0 Å². The zero-order chi connectivity index (χ0) is 20.5. The van der Waals surface area contributed by atoms with Gasteiger partial charge in [-0.05, 0) is 12.0 Å². The molecule has 0 spiro atoms. The van der Waals surface area contributed by atoms with Crippen LogP contribution in [0.4, 0.5) is 0 Å². The first kappa shape index (κ1) is 28.2. The molecule has 1 aromatic rings. The van der Waals surface area contributed by atoms with Gasteiger partial charge in [0.1, 0.15) is 0 Å². The molecule has 0 aliphatic rings. The molecule has 0 saturated heterocycles. The molecule has 4 nitrogen and oxygen atoms in total. The van der Waals surface area contributed by atoms with E-state index in [4.69, 9.17) is 0 Å². The van der Waals surface area contributed by atoms with Crippen LogP contribution in [-0.4, -0.2) is 46.5 Å². The van der Waals surface area contributed by atoms with E-state index in [0.29, 0.717) is 12.0 Å². The van der Waals surface area contributed by atoms with Crippen LogP contribution < -0.4 is 5.32 Å². The van der Waals surface area contributed by atoms with Crippen LogP contribution in [0.2, 0.25) is 0 Å². The molecule has 0 aromatic heterocycles. The summed E-state index contributed by atoms with van der Waals surface area (Å²) in [6, 6.07) is 7.89. The van der Waals surface area contributed by atoms with Gasteiger partial charge in [-0.1, -0.05) is 114 Å². The second kappa shape index (κ2) is 19.1. The van der Waals surface area contributed by atoms with Gasteiger partial charge in [-0.3, -0.25) is 4.79 Å². The topological polar surface area (TPSA) is 66.4 Å². The van der Waals surface area contributed by atoms with Gasteiger partial charge < -0.3 is 10.4 Å². The molecule has 5 heteroatoms. The predicted molar refractivity (Wildman–Crippen MR) is 121 cm³/mol. The van der Waals surface area contributed by atoms with E-state index in [1.165, 1.54) is 64.2 Å². The molecular formula is C24H39NNaO3. The molecule has 0 heterocycles. The number of unbranched alkanes of at least 4 members (excludes halogenated alkanes) is 12. The van der Waals surface area contributed by atoms with E-state index in [9.17, 15) is 14.7 Å². The van der Waals surface area contributed by atoms with Crippen LogP contribution in [-0.2, 0) is 9.59 Å². The largest absolute Gasteiger partial charge is 0.479 e. The number of carboxylic acids is 1. The van der Waals surface area contributed by atoms with E-state index in [1.54, 1.807) is 24.3 Å². The van der Waals surface area contributed by atoms with Crippen molar-refractivity contribution < 1.29 is 14.7 Å². The molecule has 2 N–H and O–H groups in total. The van der Waals surface area contributed by atoms with Crippen molar-refractivity contribution in [2.45, 2.75) is 103 Å².